The Bertz CT molecular complexity index is 491. The van der Waals surface area contributed by atoms with Crippen molar-refractivity contribution in [1.82, 2.24) is 5.32 Å². The lowest BCUT2D eigenvalue weighted by Crippen LogP contribution is -2.48. The van der Waals surface area contributed by atoms with Crippen LogP contribution in [0.3, 0.4) is 0 Å². The van der Waals surface area contributed by atoms with Crippen molar-refractivity contribution in [2.75, 3.05) is 0 Å². The van der Waals surface area contributed by atoms with Crippen LogP contribution in [-0.4, -0.2) is 23.3 Å². The Labute approximate surface area is 126 Å². The van der Waals surface area contributed by atoms with Crippen LogP contribution in [0.5, 0.6) is 5.75 Å². The van der Waals surface area contributed by atoms with Crippen LogP contribution in [0, 0.1) is 0 Å². The van der Waals surface area contributed by atoms with Gasteiger partial charge in [0.25, 0.3) is 5.91 Å². The number of nitrogens with one attached hydrogen (secondary N) is 1. The monoisotopic (exact) mass is 291 g/mol. The Balaban J connectivity index is 2.60. The standard InChI is InChI=1S/C17H25NO3/c1-6-17(4,5)18-16(20)13(3)21-15-9-7-14(8-10-15)11-12(2)19/h7-10,13H,6,11H2,1-5H3,(H,18,20). The molecule has 1 rings (SSSR count). The molecular weight excluding hydrogens is 266 g/mol. The number of amides is 1. The van der Waals surface area contributed by atoms with Gasteiger partial charge < -0.3 is 10.1 Å². The third-order valence-corrected chi connectivity index (χ3v) is 3.40. The summed E-state index contributed by atoms with van der Waals surface area (Å²) in [4.78, 5) is 23.1. The normalized spacial score (nSPS) is 12.6. The van der Waals surface area contributed by atoms with E-state index < -0.39 is 6.10 Å². The molecule has 0 radical (unpaired) electrons. The van der Waals surface area contributed by atoms with E-state index in [4.69, 9.17) is 4.74 Å². The van der Waals surface area contributed by atoms with Crippen LogP contribution in [0.15, 0.2) is 24.3 Å². The predicted octanol–water partition coefficient (Wildman–Crippen LogP) is 2.89. The van der Waals surface area contributed by atoms with Gasteiger partial charge in [-0.15, -0.1) is 0 Å². The summed E-state index contributed by atoms with van der Waals surface area (Å²) in [5.74, 6) is 0.618. The molecule has 0 aliphatic rings. The molecule has 0 fully saturated rings. The number of benzene rings is 1. The fourth-order valence-electron chi connectivity index (χ4n) is 1.75. The average Bonchev–Trinajstić information content (AvgIpc) is 2.40. The van der Waals surface area contributed by atoms with Crippen molar-refractivity contribution in [3.8, 4) is 5.75 Å². The maximum absolute atomic E-state index is 12.1. The third kappa shape index (κ3) is 5.98. The zero-order chi connectivity index (χ0) is 16.0. The van der Waals surface area contributed by atoms with Gasteiger partial charge in [-0.25, -0.2) is 0 Å². The topological polar surface area (TPSA) is 55.4 Å². The zero-order valence-electron chi connectivity index (χ0n) is 13.5. The van der Waals surface area contributed by atoms with Gasteiger partial charge in [0.05, 0.1) is 0 Å². The van der Waals surface area contributed by atoms with Gasteiger partial charge in [-0.05, 0) is 51.8 Å². The second-order valence-corrected chi connectivity index (χ2v) is 6.01. The van der Waals surface area contributed by atoms with Gasteiger partial charge in [-0.1, -0.05) is 19.1 Å². The summed E-state index contributed by atoms with van der Waals surface area (Å²) >= 11 is 0. The van der Waals surface area contributed by atoms with E-state index in [1.165, 1.54) is 0 Å². The number of hydrogen-bond donors (Lipinski definition) is 1. The van der Waals surface area contributed by atoms with Gasteiger partial charge in [0, 0.05) is 12.0 Å². The molecule has 0 aromatic heterocycles. The molecule has 4 heteroatoms. The summed E-state index contributed by atoms with van der Waals surface area (Å²) in [6.07, 6.45) is 0.709. The highest BCUT2D eigenvalue weighted by Gasteiger charge is 2.22. The first-order valence-corrected chi connectivity index (χ1v) is 7.30. The Morgan fingerprint density at radius 1 is 1.24 bits per heavy atom. The highest BCUT2D eigenvalue weighted by molar-refractivity contribution is 5.81. The number of Topliss-reactive ketones (excluding diaryl/α,β-unsaturated/α-hetero) is 1. The summed E-state index contributed by atoms with van der Waals surface area (Å²) in [6.45, 7) is 9.28. The van der Waals surface area contributed by atoms with Crippen LogP contribution in [0.2, 0.25) is 0 Å². The Hall–Kier alpha value is -1.84. The lowest BCUT2D eigenvalue weighted by Gasteiger charge is -2.26. The molecule has 0 spiro atoms. The van der Waals surface area contributed by atoms with E-state index in [2.05, 4.69) is 5.32 Å². The maximum atomic E-state index is 12.1. The Morgan fingerprint density at radius 2 is 1.81 bits per heavy atom. The van der Waals surface area contributed by atoms with E-state index in [0.29, 0.717) is 12.2 Å². The van der Waals surface area contributed by atoms with E-state index >= 15 is 0 Å². The summed E-state index contributed by atoms with van der Waals surface area (Å²) < 4.78 is 5.63. The van der Waals surface area contributed by atoms with Gasteiger partial charge in [0.15, 0.2) is 6.10 Å². The van der Waals surface area contributed by atoms with Crippen LogP contribution in [0.4, 0.5) is 0 Å². The van der Waals surface area contributed by atoms with Crippen molar-refractivity contribution < 1.29 is 14.3 Å². The third-order valence-electron chi connectivity index (χ3n) is 3.40. The number of ether oxygens (including phenoxy) is 1. The molecule has 0 saturated carbocycles. The van der Waals surface area contributed by atoms with E-state index in [9.17, 15) is 9.59 Å². The van der Waals surface area contributed by atoms with Crippen LogP contribution >= 0.6 is 0 Å². The minimum absolute atomic E-state index is 0.123. The van der Waals surface area contributed by atoms with Gasteiger partial charge in [0.1, 0.15) is 11.5 Å². The minimum Gasteiger partial charge on any atom is -0.481 e. The largest absolute Gasteiger partial charge is 0.481 e. The molecule has 0 aliphatic carbocycles. The highest BCUT2D eigenvalue weighted by Crippen LogP contribution is 2.15. The molecule has 1 aromatic rings. The quantitative estimate of drug-likeness (QED) is 0.840. The minimum atomic E-state index is -0.561. The average molecular weight is 291 g/mol. The second kappa shape index (κ2) is 7.25. The molecule has 0 saturated heterocycles. The van der Waals surface area contributed by atoms with Crippen molar-refractivity contribution in [3.05, 3.63) is 29.8 Å². The lowest BCUT2D eigenvalue weighted by atomic mass is 10.0. The molecule has 1 aromatic carbocycles. The molecule has 1 amide bonds. The lowest BCUT2D eigenvalue weighted by molar-refractivity contribution is -0.129. The SMILES string of the molecule is CCC(C)(C)NC(=O)C(C)Oc1ccc(CC(C)=O)cc1. The molecule has 0 aliphatic heterocycles. The Morgan fingerprint density at radius 3 is 2.29 bits per heavy atom. The van der Waals surface area contributed by atoms with E-state index in [0.717, 1.165) is 12.0 Å². The zero-order valence-corrected chi connectivity index (χ0v) is 13.5. The van der Waals surface area contributed by atoms with Crippen LogP contribution in [0.25, 0.3) is 0 Å². The summed E-state index contributed by atoms with van der Waals surface area (Å²) in [5, 5.41) is 2.95. The van der Waals surface area contributed by atoms with Crippen molar-refractivity contribution in [2.24, 2.45) is 0 Å². The number of hydrogen-bond acceptors (Lipinski definition) is 3. The van der Waals surface area contributed by atoms with Gasteiger partial charge in [0.2, 0.25) is 0 Å². The van der Waals surface area contributed by atoms with Crippen molar-refractivity contribution in [1.29, 1.82) is 0 Å². The fourth-order valence-corrected chi connectivity index (χ4v) is 1.75. The molecule has 1 unspecified atom stereocenters. The van der Waals surface area contributed by atoms with Gasteiger partial charge >= 0.3 is 0 Å². The molecule has 1 atom stereocenters. The van der Waals surface area contributed by atoms with E-state index in [1.807, 2.05) is 32.9 Å². The van der Waals surface area contributed by atoms with E-state index in [-0.39, 0.29) is 17.2 Å². The molecule has 1 N–H and O–H groups in total. The summed E-state index contributed by atoms with van der Waals surface area (Å²) in [7, 11) is 0. The Kier molecular flexibility index (Phi) is 5.94. The first-order chi connectivity index (χ1) is 9.73. The molecule has 0 bridgehead atoms. The number of rotatable bonds is 7. The number of ketones is 1. The molecular formula is C17H25NO3. The van der Waals surface area contributed by atoms with Crippen LogP contribution in [0.1, 0.15) is 46.6 Å². The highest BCUT2D eigenvalue weighted by atomic mass is 16.5. The van der Waals surface area contributed by atoms with Crippen LogP contribution in [-0.2, 0) is 16.0 Å². The van der Waals surface area contributed by atoms with E-state index in [1.54, 1.807) is 26.0 Å². The van der Waals surface area contributed by atoms with Crippen molar-refractivity contribution in [3.63, 3.8) is 0 Å². The van der Waals surface area contributed by atoms with Crippen LogP contribution < -0.4 is 10.1 Å². The van der Waals surface area contributed by atoms with Crippen molar-refractivity contribution in [2.45, 2.75) is 59.1 Å². The smallest absolute Gasteiger partial charge is 0.261 e. The number of carbonyl (C=O) groups is 2. The molecule has 0 heterocycles. The van der Waals surface area contributed by atoms with Crippen molar-refractivity contribution >= 4 is 11.7 Å². The summed E-state index contributed by atoms with van der Waals surface area (Å²) in [6, 6.07) is 7.26. The first kappa shape index (κ1) is 17.2. The van der Waals surface area contributed by atoms with Gasteiger partial charge in [-0.3, -0.25) is 9.59 Å². The fraction of sp³-hybridized carbons (Fsp3) is 0.529. The molecule has 21 heavy (non-hydrogen) atoms. The molecule has 116 valence electrons. The van der Waals surface area contributed by atoms with Gasteiger partial charge in [-0.2, -0.15) is 0 Å². The maximum Gasteiger partial charge on any atom is 0.261 e. The number of carbonyl (C=O) groups excluding carboxylic acids is 2. The summed E-state index contributed by atoms with van der Waals surface area (Å²) in [5.41, 5.74) is 0.708. The first-order valence-electron chi connectivity index (χ1n) is 7.30. The molecule has 4 nitrogen and oxygen atoms in total. The second-order valence-electron chi connectivity index (χ2n) is 6.01. The predicted molar refractivity (Wildman–Crippen MR) is 83.4 cm³/mol.